The summed E-state index contributed by atoms with van der Waals surface area (Å²) in [5.41, 5.74) is -0.0534. The Morgan fingerprint density at radius 2 is 2.06 bits per heavy atom. The quantitative estimate of drug-likeness (QED) is 0.883. The summed E-state index contributed by atoms with van der Waals surface area (Å²) in [4.78, 5) is 16.3. The lowest BCUT2D eigenvalue weighted by molar-refractivity contribution is 0.0914. The minimum atomic E-state index is -0.311. The van der Waals surface area contributed by atoms with Crippen LogP contribution < -0.4 is 10.6 Å². The minimum absolute atomic E-state index is 0.257. The van der Waals surface area contributed by atoms with Crippen LogP contribution in [0.15, 0.2) is 12.1 Å². The predicted octanol–water partition coefficient (Wildman–Crippen LogP) is 3.09. The molecule has 0 aliphatic heterocycles. The third-order valence-corrected chi connectivity index (χ3v) is 2.41. The molecule has 0 aromatic carbocycles. The zero-order valence-electron chi connectivity index (χ0n) is 11.3. The van der Waals surface area contributed by atoms with Crippen molar-refractivity contribution in [3.8, 4) is 0 Å². The molecule has 0 unspecified atom stereocenters. The first-order valence-electron chi connectivity index (χ1n) is 6.06. The van der Waals surface area contributed by atoms with Gasteiger partial charge in [-0.2, -0.15) is 0 Å². The van der Waals surface area contributed by atoms with Gasteiger partial charge in [-0.25, -0.2) is 4.98 Å². The summed E-state index contributed by atoms with van der Waals surface area (Å²) in [7, 11) is 0. The molecule has 1 aromatic heterocycles. The maximum Gasteiger partial charge on any atom is 0.271 e. The van der Waals surface area contributed by atoms with Crippen molar-refractivity contribution in [2.24, 2.45) is 0 Å². The molecule has 1 aromatic rings. The maximum atomic E-state index is 12.0. The number of halogens is 1. The van der Waals surface area contributed by atoms with Crippen molar-refractivity contribution in [3.05, 3.63) is 22.8 Å². The van der Waals surface area contributed by atoms with E-state index >= 15 is 0 Å². The molecule has 0 aliphatic rings. The average molecular weight is 270 g/mol. The van der Waals surface area contributed by atoms with E-state index in [0.29, 0.717) is 10.8 Å². The fraction of sp³-hybridized carbons (Fsp3) is 0.538. The standard InChI is InChI=1S/C13H20ClN3O/c1-5-8-15-10-7-6-9(14)11(16-10)12(18)17-13(2,3)4/h6-7H,5,8H2,1-4H3,(H,15,16)(H,17,18). The molecule has 0 atom stereocenters. The van der Waals surface area contributed by atoms with E-state index in [4.69, 9.17) is 11.6 Å². The average Bonchev–Trinajstić information content (AvgIpc) is 2.25. The largest absolute Gasteiger partial charge is 0.370 e. The number of hydrogen-bond donors (Lipinski definition) is 2. The molecule has 4 nitrogen and oxygen atoms in total. The molecule has 100 valence electrons. The Kier molecular flexibility index (Phi) is 4.96. The van der Waals surface area contributed by atoms with E-state index < -0.39 is 0 Å². The highest BCUT2D eigenvalue weighted by Gasteiger charge is 2.19. The predicted molar refractivity (Wildman–Crippen MR) is 75.2 cm³/mol. The molecule has 0 fully saturated rings. The number of rotatable bonds is 4. The van der Waals surface area contributed by atoms with Crippen molar-refractivity contribution < 1.29 is 4.79 Å². The zero-order valence-corrected chi connectivity index (χ0v) is 12.1. The SMILES string of the molecule is CCCNc1ccc(Cl)c(C(=O)NC(C)(C)C)n1. The van der Waals surface area contributed by atoms with Gasteiger partial charge in [-0.05, 0) is 39.3 Å². The minimum Gasteiger partial charge on any atom is -0.370 e. The van der Waals surface area contributed by atoms with Gasteiger partial charge in [0.25, 0.3) is 5.91 Å². The molecule has 0 saturated heterocycles. The molecular formula is C13H20ClN3O. The molecule has 1 rings (SSSR count). The van der Waals surface area contributed by atoms with E-state index in [1.54, 1.807) is 12.1 Å². The summed E-state index contributed by atoms with van der Waals surface area (Å²) >= 11 is 6.00. The van der Waals surface area contributed by atoms with Gasteiger partial charge in [0.05, 0.1) is 5.02 Å². The zero-order chi connectivity index (χ0) is 13.8. The first kappa shape index (κ1) is 14.8. The van der Waals surface area contributed by atoms with Gasteiger partial charge in [-0.1, -0.05) is 18.5 Å². The lowest BCUT2D eigenvalue weighted by atomic mass is 10.1. The van der Waals surface area contributed by atoms with Crippen LogP contribution >= 0.6 is 11.6 Å². The number of hydrogen-bond acceptors (Lipinski definition) is 3. The number of nitrogens with one attached hydrogen (secondary N) is 2. The summed E-state index contributed by atoms with van der Waals surface area (Å²) in [6, 6.07) is 3.45. The van der Waals surface area contributed by atoms with E-state index in [9.17, 15) is 4.79 Å². The molecule has 0 spiro atoms. The Hall–Kier alpha value is -1.29. The number of nitrogens with zero attached hydrogens (tertiary/aromatic N) is 1. The number of carbonyl (C=O) groups is 1. The summed E-state index contributed by atoms with van der Waals surface area (Å²) < 4.78 is 0. The van der Waals surface area contributed by atoms with Crippen molar-refractivity contribution in [1.29, 1.82) is 0 Å². The third kappa shape index (κ3) is 4.53. The smallest absolute Gasteiger partial charge is 0.271 e. The molecule has 18 heavy (non-hydrogen) atoms. The van der Waals surface area contributed by atoms with Gasteiger partial charge in [-0.3, -0.25) is 4.79 Å². The Morgan fingerprint density at radius 1 is 1.39 bits per heavy atom. The lowest BCUT2D eigenvalue weighted by Crippen LogP contribution is -2.41. The van der Waals surface area contributed by atoms with Crippen LogP contribution in [0.1, 0.15) is 44.6 Å². The second kappa shape index (κ2) is 6.05. The molecule has 1 amide bonds. The van der Waals surface area contributed by atoms with Gasteiger partial charge >= 0.3 is 0 Å². The van der Waals surface area contributed by atoms with E-state index in [1.807, 2.05) is 20.8 Å². The van der Waals surface area contributed by atoms with Crippen LogP contribution in [0.25, 0.3) is 0 Å². The van der Waals surface area contributed by atoms with Crippen LogP contribution in [0.5, 0.6) is 0 Å². The number of aromatic nitrogens is 1. The number of carbonyl (C=O) groups excluding carboxylic acids is 1. The molecule has 0 aliphatic carbocycles. The first-order valence-corrected chi connectivity index (χ1v) is 6.44. The molecule has 2 N–H and O–H groups in total. The fourth-order valence-electron chi connectivity index (χ4n) is 1.35. The fourth-order valence-corrected chi connectivity index (χ4v) is 1.54. The van der Waals surface area contributed by atoms with Gasteiger partial charge in [0.2, 0.25) is 0 Å². The molecule has 1 heterocycles. The Bertz CT molecular complexity index is 427. The summed E-state index contributed by atoms with van der Waals surface area (Å²) in [6.45, 7) is 8.62. The topological polar surface area (TPSA) is 54.0 Å². The van der Waals surface area contributed by atoms with E-state index in [0.717, 1.165) is 13.0 Å². The Balaban J connectivity index is 2.89. The van der Waals surface area contributed by atoms with Crippen LogP contribution in [0.3, 0.4) is 0 Å². The third-order valence-electron chi connectivity index (χ3n) is 2.11. The van der Waals surface area contributed by atoms with E-state index in [1.165, 1.54) is 0 Å². The van der Waals surface area contributed by atoms with Gasteiger partial charge in [0.1, 0.15) is 11.5 Å². The van der Waals surface area contributed by atoms with Gasteiger partial charge in [0.15, 0.2) is 0 Å². The van der Waals surface area contributed by atoms with Crippen LogP contribution in [0.2, 0.25) is 5.02 Å². The molecule has 0 saturated carbocycles. The maximum absolute atomic E-state index is 12.0. The number of pyridine rings is 1. The van der Waals surface area contributed by atoms with Crippen molar-refractivity contribution in [3.63, 3.8) is 0 Å². The summed E-state index contributed by atoms with van der Waals surface area (Å²) in [5.74, 6) is 0.410. The molecular weight excluding hydrogens is 250 g/mol. The number of amides is 1. The second-order valence-electron chi connectivity index (χ2n) is 5.16. The Labute approximate surface area is 113 Å². The summed E-state index contributed by atoms with van der Waals surface area (Å²) in [6.07, 6.45) is 0.994. The van der Waals surface area contributed by atoms with Crippen LogP contribution in [-0.2, 0) is 0 Å². The first-order chi connectivity index (χ1) is 8.33. The second-order valence-corrected chi connectivity index (χ2v) is 5.57. The highest BCUT2D eigenvalue weighted by atomic mass is 35.5. The van der Waals surface area contributed by atoms with Gasteiger partial charge in [-0.15, -0.1) is 0 Å². The Morgan fingerprint density at radius 3 is 2.61 bits per heavy atom. The number of anilines is 1. The van der Waals surface area contributed by atoms with Crippen LogP contribution in [0.4, 0.5) is 5.82 Å². The molecule has 0 radical (unpaired) electrons. The highest BCUT2D eigenvalue weighted by molar-refractivity contribution is 6.33. The molecule has 5 heteroatoms. The van der Waals surface area contributed by atoms with Crippen molar-refractivity contribution >= 4 is 23.3 Å². The highest BCUT2D eigenvalue weighted by Crippen LogP contribution is 2.17. The van der Waals surface area contributed by atoms with Gasteiger partial charge < -0.3 is 10.6 Å². The van der Waals surface area contributed by atoms with Gasteiger partial charge in [0, 0.05) is 12.1 Å². The van der Waals surface area contributed by atoms with E-state index in [-0.39, 0.29) is 17.1 Å². The van der Waals surface area contributed by atoms with E-state index in [2.05, 4.69) is 22.5 Å². The lowest BCUT2D eigenvalue weighted by Gasteiger charge is -2.20. The molecule has 0 bridgehead atoms. The van der Waals surface area contributed by atoms with Crippen molar-refractivity contribution in [2.45, 2.75) is 39.7 Å². The van der Waals surface area contributed by atoms with Crippen molar-refractivity contribution in [2.75, 3.05) is 11.9 Å². The van der Waals surface area contributed by atoms with Crippen LogP contribution in [0, 0.1) is 0 Å². The van der Waals surface area contributed by atoms with Crippen molar-refractivity contribution in [1.82, 2.24) is 10.3 Å². The summed E-state index contributed by atoms with van der Waals surface area (Å²) in [5, 5.41) is 6.34. The monoisotopic (exact) mass is 269 g/mol. The van der Waals surface area contributed by atoms with Crippen LogP contribution in [-0.4, -0.2) is 23.0 Å². The normalized spacial score (nSPS) is 11.2.